The maximum atomic E-state index is 12.7. The second kappa shape index (κ2) is 11.9. The van der Waals surface area contributed by atoms with Gasteiger partial charge in [-0.05, 0) is 75.8 Å². The minimum Gasteiger partial charge on any atom is -0.444 e. The molecule has 6 heteroatoms. The predicted molar refractivity (Wildman–Crippen MR) is 157 cm³/mol. The zero-order valence-electron chi connectivity index (χ0n) is 24.7. The Labute approximate surface area is 234 Å². The van der Waals surface area contributed by atoms with Gasteiger partial charge in [-0.2, -0.15) is 0 Å². The summed E-state index contributed by atoms with van der Waals surface area (Å²) in [5.74, 6) is 0. The smallest absolute Gasteiger partial charge is 0.410 e. The van der Waals surface area contributed by atoms with Gasteiger partial charge in [0, 0.05) is 50.0 Å². The van der Waals surface area contributed by atoms with Crippen LogP contribution >= 0.6 is 0 Å². The summed E-state index contributed by atoms with van der Waals surface area (Å²) < 4.78 is 5.64. The lowest BCUT2D eigenvalue weighted by molar-refractivity contribution is 0.0128. The highest BCUT2D eigenvalue weighted by Gasteiger charge is 2.32. The molecule has 1 saturated heterocycles. The maximum absolute atomic E-state index is 12.7. The second-order valence-corrected chi connectivity index (χ2v) is 12.4. The average Bonchev–Trinajstić information content (AvgIpc) is 2.89. The molecule has 3 aromatic rings. The van der Waals surface area contributed by atoms with E-state index in [2.05, 4.69) is 75.1 Å². The Balaban J connectivity index is 1.60. The molecule has 1 aromatic carbocycles. The summed E-state index contributed by atoms with van der Waals surface area (Å²) in [5.41, 5.74) is 6.39. The van der Waals surface area contributed by atoms with Gasteiger partial charge >= 0.3 is 6.09 Å². The molecule has 39 heavy (non-hydrogen) atoms. The fraction of sp³-hybridized carbons (Fsp3) is 0.485. The summed E-state index contributed by atoms with van der Waals surface area (Å²) in [7, 11) is 0. The van der Waals surface area contributed by atoms with Gasteiger partial charge in [0.1, 0.15) is 5.60 Å². The van der Waals surface area contributed by atoms with Gasteiger partial charge in [-0.15, -0.1) is 0 Å². The van der Waals surface area contributed by atoms with Crippen LogP contribution in [0, 0.1) is 13.8 Å². The molecular formula is C33H44N4O2. The van der Waals surface area contributed by atoms with Crippen LogP contribution in [0.3, 0.4) is 0 Å². The van der Waals surface area contributed by atoms with Crippen LogP contribution in [0.5, 0.6) is 0 Å². The number of aromatic nitrogens is 2. The van der Waals surface area contributed by atoms with Gasteiger partial charge in [-0.25, -0.2) is 4.79 Å². The third-order valence-electron chi connectivity index (χ3n) is 7.72. The number of hydrogen-bond donors (Lipinski definition) is 0. The van der Waals surface area contributed by atoms with Crippen LogP contribution in [0.2, 0.25) is 0 Å². The van der Waals surface area contributed by atoms with Crippen molar-refractivity contribution in [3.05, 3.63) is 94.6 Å². The van der Waals surface area contributed by atoms with Gasteiger partial charge in [-0.1, -0.05) is 56.3 Å². The molecule has 1 amide bonds. The molecule has 6 nitrogen and oxygen atoms in total. The lowest BCUT2D eigenvalue weighted by atomic mass is 9.77. The van der Waals surface area contributed by atoms with Crippen LogP contribution in [0.1, 0.15) is 81.1 Å². The highest BCUT2D eigenvalue weighted by atomic mass is 16.6. The van der Waals surface area contributed by atoms with Crippen molar-refractivity contribution in [3.8, 4) is 0 Å². The molecular weight excluding hydrogens is 484 g/mol. The van der Waals surface area contributed by atoms with Crippen molar-refractivity contribution in [2.24, 2.45) is 0 Å². The van der Waals surface area contributed by atoms with Crippen LogP contribution < -0.4 is 0 Å². The zero-order valence-corrected chi connectivity index (χ0v) is 24.7. The third kappa shape index (κ3) is 7.24. The molecule has 3 heterocycles. The van der Waals surface area contributed by atoms with Gasteiger partial charge in [-0.3, -0.25) is 14.9 Å². The molecule has 1 fully saturated rings. The predicted octanol–water partition coefficient (Wildman–Crippen LogP) is 6.82. The van der Waals surface area contributed by atoms with Crippen molar-refractivity contribution in [1.29, 1.82) is 0 Å². The number of carbonyl (C=O) groups is 1. The Morgan fingerprint density at radius 1 is 0.949 bits per heavy atom. The van der Waals surface area contributed by atoms with Gasteiger partial charge in [0.25, 0.3) is 0 Å². The molecule has 208 valence electrons. The average molecular weight is 529 g/mol. The Morgan fingerprint density at radius 2 is 1.62 bits per heavy atom. The number of amides is 1. The summed E-state index contributed by atoms with van der Waals surface area (Å²) in [4.78, 5) is 26.8. The maximum Gasteiger partial charge on any atom is 0.410 e. The lowest BCUT2D eigenvalue weighted by Gasteiger charge is -2.39. The van der Waals surface area contributed by atoms with E-state index in [1.165, 1.54) is 22.3 Å². The molecule has 0 atom stereocenters. The SMILES string of the molecule is Cc1cnc(CN(Cc2ncccc2C(C)(C)c2ccccc2)C2CCN(C(=O)OC(C)(C)C)CC2)c(C)c1. The van der Waals surface area contributed by atoms with E-state index in [-0.39, 0.29) is 11.5 Å². The molecule has 0 saturated carbocycles. The van der Waals surface area contributed by atoms with E-state index in [9.17, 15) is 4.79 Å². The molecule has 0 radical (unpaired) electrons. The fourth-order valence-electron chi connectivity index (χ4n) is 5.49. The monoisotopic (exact) mass is 528 g/mol. The first-order valence-corrected chi connectivity index (χ1v) is 14.1. The van der Waals surface area contributed by atoms with Gasteiger partial charge in [0.2, 0.25) is 0 Å². The molecule has 0 unspecified atom stereocenters. The molecule has 0 spiro atoms. The molecule has 2 aromatic heterocycles. The minimum absolute atomic E-state index is 0.186. The van der Waals surface area contributed by atoms with E-state index < -0.39 is 5.60 Å². The highest BCUT2D eigenvalue weighted by molar-refractivity contribution is 5.68. The first-order valence-electron chi connectivity index (χ1n) is 14.1. The van der Waals surface area contributed by atoms with Crippen LogP contribution in [0.15, 0.2) is 60.9 Å². The summed E-state index contributed by atoms with van der Waals surface area (Å²) in [6, 6.07) is 17.4. The van der Waals surface area contributed by atoms with Crippen LogP contribution in [-0.4, -0.2) is 50.6 Å². The fourth-order valence-corrected chi connectivity index (χ4v) is 5.49. The number of piperidine rings is 1. The summed E-state index contributed by atoms with van der Waals surface area (Å²) in [6.07, 6.45) is 5.40. The summed E-state index contributed by atoms with van der Waals surface area (Å²) in [6.45, 7) is 17.3. The first kappa shape index (κ1) is 28.8. The van der Waals surface area contributed by atoms with E-state index in [1.807, 2.05) is 44.1 Å². The van der Waals surface area contributed by atoms with Crippen LogP contribution in [-0.2, 0) is 23.2 Å². The van der Waals surface area contributed by atoms with Gasteiger partial charge < -0.3 is 9.64 Å². The van der Waals surface area contributed by atoms with Crippen molar-refractivity contribution in [1.82, 2.24) is 19.8 Å². The molecule has 1 aliphatic heterocycles. The lowest BCUT2D eigenvalue weighted by Crippen LogP contribution is -2.47. The quantitative estimate of drug-likeness (QED) is 0.337. The van der Waals surface area contributed by atoms with E-state index >= 15 is 0 Å². The first-order chi connectivity index (χ1) is 18.4. The Kier molecular flexibility index (Phi) is 8.75. The molecule has 1 aliphatic rings. The topological polar surface area (TPSA) is 58.6 Å². The largest absolute Gasteiger partial charge is 0.444 e. The van der Waals surface area contributed by atoms with Crippen molar-refractivity contribution in [2.75, 3.05) is 13.1 Å². The molecule has 4 rings (SSSR count). The minimum atomic E-state index is -0.491. The van der Waals surface area contributed by atoms with E-state index in [1.54, 1.807) is 0 Å². The van der Waals surface area contributed by atoms with Crippen molar-refractivity contribution >= 4 is 6.09 Å². The standard InChI is InChI=1S/C33H44N4O2/c1-24-20-25(2)29(35-21-24)22-37(27-15-18-36(19-16-27)31(38)39-32(3,4)5)23-30-28(14-11-17-34-30)33(6,7)26-12-9-8-10-13-26/h8-14,17,20-21,27H,15-16,18-19,22-23H2,1-7H3. The number of hydrogen-bond acceptors (Lipinski definition) is 5. The van der Waals surface area contributed by atoms with E-state index in [4.69, 9.17) is 14.7 Å². The zero-order chi connectivity index (χ0) is 28.2. The number of nitrogens with zero attached hydrogens (tertiary/aromatic N) is 4. The van der Waals surface area contributed by atoms with Crippen molar-refractivity contribution in [2.45, 2.75) is 91.5 Å². The summed E-state index contributed by atoms with van der Waals surface area (Å²) >= 11 is 0. The van der Waals surface area contributed by atoms with Crippen LogP contribution in [0.25, 0.3) is 0 Å². The molecule has 0 N–H and O–H groups in total. The second-order valence-electron chi connectivity index (χ2n) is 12.4. The van der Waals surface area contributed by atoms with E-state index in [0.717, 1.165) is 37.3 Å². The number of rotatable bonds is 7. The van der Waals surface area contributed by atoms with E-state index in [0.29, 0.717) is 19.1 Å². The van der Waals surface area contributed by atoms with Crippen molar-refractivity contribution < 1.29 is 9.53 Å². The highest BCUT2D eigenvalue weighted by Crippen LogP contribution is 2.34. The number of pyridine rings is 2. The number of benzene rings is 1. The number of aryl methyl sites for hydroxylation is 2. The van der Waals surface area contributed by atoms with Gasteiger partial charge in [0.05, 0.1) is 11.4 Å². The Hall–Kier alpha value is -3.25. The Bertz CT molecular complexity index is 1260. The molecule has 0 bridgehead atoms. The van der Waals surface area contributed by atoms with Crippen LogP contribution in [0.4, 0.5) is 4.79 Å². The third-order valence-corrected chi connectivity index (χ3v) is 7.72. The Morgan fingerprint density at radius 3 is 2.26 bits per heavy atom. The summed E-state index contributed by atoms with van der Waals surface area (Å²) in [5, 5.41) is 0. The number of carbonyl (C=O) groups excluding carboxylic acids is 1. The normalized spacial score (nSPS) is 15.0. The van der Waals surface area contributed by atoms with Gasteiger partial charge in [0.15, 0.2) is 0 Å². The number of likely N-dealkylation sites (tertiary alicyclic amines) is 1. The molecule has 0 aliphatic carbocycles. The van der Waals surface area contributed by atoms with Crippen molar-refractivity contribution in [3.63, 3.8) is 0 Å². The number of ether oxygens (including phenoxy) is 1.